The first-order valence-corrected chi connectivity index (χ1v) is 11.7. The number of carbonyl (C=O) groups excluding carboxylic acids is 1. The van der Waals surface area contributed by atoms with Crippen molar-refractivity contribution >= 4 is 13.8 Å². The van der Waals surface area contributed by atoms with Gasteiger partial charge in [0.15, 0.2) is 6.10 Å². The molecule has 2 rings (SSSR count). The van der Waals surface area contributed by atoms with Crippen molar-refractivity contribution in [3.8, 4) is 0 Å². The number of phosphoric acid groups is 1. The van der Waals surface area contributed by atoms with Gasteiger partial charge in [-0.25, -0.2) is 9.36 Å². The van der Waals surface area contributed by atoms with Gasteiger partial charge in [0.1, 0.15) is 0 Å². The van der Waals surface area contributed by atoms with Gasteiger partial charge in [-0.05, 0) is 47.0 Å². The molecule has 1 aliphatic carbocycles. The topological polar surface area (TPSA) is 121 Å². The lowest BCUT2D eigenvalue weighted by atomic mass is 10.0. The van der Waals surface area contributed by atoms with Gasteiger partial charge in [0.2, 0.25) is 0 Å². The van der Waals surface area contributed by atoms with E-state index in [1.807, 2.05) is 34.6 Å². The first-order chi connectivity index (χ1) is 13.4. The van der Waals surface area contributed by atoms with Gasteiger partial charge in [0.25, 0.3) is 0 Å². The van der Waals surface area contributed by atoms with Crippen molar-refractivity contribution in [3.63, 3.8) is 0 Å². The Labute approximate surface area is 172 Å². The predicted octanol–water partition coefficient (Wildman–Crippen LogP) is 2.43. The summed E-state index contributed by atoms with van der Waals surface area (Å²) in [6.07, 6.45) is -2.76. The molecule has 0 radical (unpaired) electrons. The van der Waals surface area contributed by atoms with Gasteiger partial charge in [-0.3, -0.25) is 9.42 Å². The standard InChI is InChI=1S/C19H35O9P/c1-10(2)24-9-14-15(7-12(5)17(14)20)27-29(22,23)28-19(21)18-16(25-11(3)4)8-13(6)26-18/h10-18,20H,7-9H2,1-6H3,(H,22,23)/t12-,13-,14+,15+,16?,17?,18-/m0/s1. The van der Waals surface area contributed by atoms with Crippen LogP contribution in [0, 0.1) is 11.8 Å². The SMILES string of the molecule is CC(C)OC[C@H]1C(O)[C@@H](C)C[C@H]1OP(=O)(O)OC(=O)[C@H]1O[C@@H](C)CC1OC(C)C. The van der Waals surface area contributed by atoms with Crippen LogP contribution < -0.4 is 0 Å². The Morgan fingerprint density at radius 1 is 1.14 bits per heavy atom. The maximum Gasteiger partial charge on any atom is 0.529 e. The average Bonchev–Trinajstić information content (AvgIpc) is 3.04. The number of aliphatic hydroxyl groups excluding tert-OH is 1. The average molecular weight is 438 g/mol. The molecule has 0 aromatic carbocycles. The highest BCUT2D eigenvalue weighted by atomic mass is 31.2. The summed E-state index contributed by atoms with van der Waals surface area (Å²) < 4.78 is 39.4. The summed E-state index contributed by atoms with van der Waals surface area (Å²) in [6, 6.07) is 0. The van der Waals surface area contributed by atoms with E-state index in [1.165, 1.54) is 0 Å². The summed E-state index contributed by atoms with van der Waals surface area (Å²) in [5.41, 5.74) is 0. The van der Waals surface area contributed by atoms with Gasteiger partial charge in [-0.15, -0.1) is 0 Å². The normalized spacial score (nSPS) is 37.2. The molecule has 1 saturated carbocycles. The van der Waals surface area contributed by atoms with Crippen LogP contribution in [0.25, 0.3) is 0 Å². The van der Waals surface area contributed by atoms with E-state index >= 15 is 0 Å². The Morgan fingerprint density at radius 2 is 1.79 bits per heavy atom. The number of hydrogen-bond acceptors (Lipinski definition) is 8. The number of carbonyl (C=O) groups is 1. The second-order valence-corrected chi connectivity index (χ2v) is 9.93. The zero-order valence-electron chi connectivity index (χ0n) is 18.0. The summed E-state index contributed by atoms with van der Waals surface area (Å²) in [5.74, 6) is -1.63. The molecule has 170 valence electrons. The van der Waals surface area contributed by atoms with Crippen molar-refractivity contribution in [2.45, 2.75) is 97.1 Å². The number of hydrogen-bond donors (Lipinski definition) is 2. The fourth-order valence-electron chi connectivity index (χ4n) is 3.84. The van der Waals surface area contributed by atoms with E-state index in [2.05, 4.69) is 0 Å². The Kier molecular flexibility index (Phi) is 8.68. The zero-order chi connectivity index (χ0) is 21.9. The third-order valence-corrected chi connectivity index (χ3v) is 6.11. The van der Waals surface area contributed by atoms with Gasteiger partial charge in [-0.1, -0.05) is 6.92 Å². The monoisotopic (exact) mass is 438 g/mol. The van der Waals surface area contributed by atoms with E-state index in [1.54, 1.807) is 6.92 Å². The molecule has 2 N–H and O–H groups in total. The first-order valence-electron chi connectivity index (χ1n) is 10.2. The highest BCUT2D eigenvalue weighted by Gasteiger charge is 2.47. The van der Waals surface area contributed by atoms with Gasteiger partial charge >= 0.3 is 13.8 Å². The molecule has 0 bridgehead atoms. The minimum Gasteiger partial charge on any atom is -0.392 e. The van der Waals surface area contributed by atoms with E-state index < -0.39 is 44.1 Å². The molecule has 10 heteroatoms. The lowest BCUT2D eigenvalue weighted by Gasteiger charge is -2.25. The molecule has 0 aromatic heterocycles. The largest absolute Gasteiger partial charge is 0.529 e. The lowest BCUT2D eigenvalue weighted by Crippen LogP contribution is -2.36. The molecule has 1 saturated heterocycles. The lowest BCUT2D eigenvalue weighted by molar-refractivity contribution is -0.155. The van der Waals surface area contributed by atoms with E-state index in [0.717, 1.165) is 0 Å². The van der Waals surface area contributed by atoms with Crippen LogP contribution in [0.5, 0.6) is 0 Å². The zero-order valence-corrected chi connectivity index (χ0v) is 18.9. The van der Waals surface area contributed by atoms with Crippen molar-refractivity contribution in [2.24, 2.45) is 11.8 Å². The highest BCUT2D eigenvalue weighted by Crippen LogP contribution is 2.50. The summed E-state index contributed by atoms with van der Waals surface area (Å²) in [5, 5.41) is 10.4. The molecular formula is C19H35O9P. The Balaban J connectivity index is 2.00. The second-order valence-electron chi connectivity index (χ2n) is 8.60. The van der Waals surface area contributed by atoms with Crippen molar-refractivity contribution in [1.29, 1.82) is 0 Å². The molecule has 1 heterocycles. The van der Waals surface area contributed by atoms with E-state index in [-0.39, 0.29) is 30.8 Å². The molecule has 1 aliphatic heterocycles. The summed E-state index contributed by atoms with van der Waals surface area (Å²) in [6.45, 7) is 11.2. The van der Waals surface area contributed by atoms with Crippen LogP contribution in [0.3, 0.4) is 0 Å². The van der Waals surface area contributed by atoms with E-state index in [9.17, 15) is 19.4 Å². The van der Waals surface area contributed by atoms with Crippen LogP contribution in [0.1, 0.15) is 54.4 Å². The second kappa shape index (κ2) is 10.2. The van der Waals surface area contributed by atoms with Crippen LogP contribution in [-0.2, 0) is 32.6 Å². The molecule has 0 amide bonds. The maximum atomic E-state index is 12.5. The van der Waals surface area contributed by atoms with Crippen molar-refractivity contribution in [3.05, 3.63) is 0 Å². The molecule has 9 nitrogen and oxygen atoms in total. The third kappa shape index (κ3) is 6.99. The predicted molar refractivity (Wildman–Crippen MR) is 104 cm³/mol. The van der Waals surface area contributed by atoms with Crippen LogP contribution in [0.4, 0.5) is 0 Å². The molecule has 0 spiro atoms. The molecule has 29 heavy (non-hydrogen) atoms. The van der Waals surface area contributed by atoms with Gasteiger partial charge < -0.3 is 23.8 Å². The van der Waals surface area contributed by atoms with Crippen LogP contribution in [0.15, 0.2) is 0 Å². The van der Waals surface area contributed by atoms with Crippen LogP contribution in [0.2, 0.25) is 0 Å². The maximum absolute atomic E-state index is 12.5. The Morgan fingerprint density at radius 3 is 2.38 bits per heavy atom. The van der Waals surface area contributed by atoms with Crippen molar-refractivity contribution < 1.29 is 42.6 Å². The fourth-order valence-corrected chi connectivity index (χ4v) is 4.80. The minimum absolute atomic E-state index is 0.0584. The van der Waals surface area contributed by atoms with Gasteiger partial charge in [-0.2, -0.15) is 0 Å². The first kappa shape index (κ1) is 24.7. The molecule has 8 atom stereocenters. The number of ether oxygens (including phenoxy) is 3. The molecule has 3 unspecified atom stereocenters. The van der Waals surface area contributed by atoms with Gasteiger partial charge in [0, 0.05) is 12.3 Å². The summed E-state index contributed by atoms with van der Waals surface area (Å²) >= 11 is 0. The van der Waals surface area contributed by atoms with Crippen LogP contribution in [-0.4, -0.2) is 65.3 Å². The van der Waals surface area contributed by atoms with E-state index in [4.69, 9.17) is 23.3 Å². The molecule has 0 aromatic rings. The van der Waals surface area contributed by atoms with Crippen LogP contribution >= 0.6 is 7.82 Å². The molecule has 2 fully saturated rings. The Hall–Kier alpha value is -0.540. The number of aliphatic hydroxyl groups is 1. The smallest absolute Gasteiger partial charge is 0.392 e. The molecular weight excluding hydrogens is 403 g/mol. The van der Waals surface area contributed by atoms with Crippen molar-refractivity contribution in [2.75, 3.05) is 6.61 Å². The number of phosphoric ester groups is 1. The van der Waals surface area contributed by atoms with Crippen molar-refractivity contribution in [1.82, 2.24) is 0 Å². The van der Waals surface area contributed by atoms with E-state index in [0.29, 0.717) is 12.8 Å². The highest BCUT2D eigenvalue weighted by molar-refractivity contribution is 7.48. The quantitative estimate of drug-likeness (QED) is 0.523. The Bertz CT molecular complexity index is 596. The third-order valence-electron chi connectivity index (χ3n) is 5.16. The van der Waals surface area contributed by atoms with Gasteiger partial charge in [0.05, 0.1) is 43.2 Å². The minimum atomic E-state index is -4.72. The fraction of sp³-hybridized carbons (Fsp3) is 0.947. The molecule has 2 aliphatic rings. The summed E-state index contributed by atoms with van der Waals surface area (Å²) in [7, 11) is -4.72. The summed E-state index contributed by atoms with van der Waals surface area (Å²) in [4.78, 5) is 22.7. The number of rotatable bonds is 9.